The maximum atomic E-state index is 5.52. The van der Waals surface area contributed by atoms with Crippen molar-refractivity contribution in [2.24, 2.45) is 0 Å². The van der Waals surface area contributed by atoms with E-state index >= 15 is 0 Å². The van der Waals surface area contributed by atoms with Gasteiger partial charge in [0.15, 0.2) is 0 Å². The Morgan fingerprint density at radius 1 is 1.28 bits per heavy atom. The standard InChI is InChI=1S/C13H19NO4/c1-15-11-4-3-10(12(7-11)16-2)8-14-13-9-17-5-6-18-13/h3-4,7,13-14H,5-6,8-9H2,1-2H3. The van der Waals surface area contributed by atoms with E-state index in [1.165, 1.54) is 0 Å². The van der Waals surface area contributed by atoms with Crippen LogP contribution in [-0.2, 0) is 16.0 Å². The Kier molecular flexibility index (Phi) is 4.81. The van der Waals surface area contributed by atoms with E-state index in [2.05, 4.69) is 5.32 Å². The van der Waals surface area contributed by atoms with Crippen LogP contribution in [0.2, 0.25) is 0 Å². The van der Waals surface area contributed by atoms with Gasteiger partial charge in [-0.25, -0.2) is 0 Å². The van der Waals surface area contributed by atoms with Crippen LogP contribution >= 0.6 is 0 Å². The van der Waals surface area contributed by atoms with Gasteiger partial charge < -0.3 is 18.9 Å². The molecule has 5 nitrogen and oxygen atoms in total. The van der Waals surface area contributed by atoms with E-state index in [9.17, 15) is 0 Å². The van der Waals surface area contributed by atoms with Gasteiger partial charge in [-0.2, -0.15) is 0 Å². The van der Waals surface area contributed by atoms with Crippen molar-refractivity contribution in [1.29, 1.82) is 0 Å². The normalized spacial score (nSPS) is 19.6. The van der Waals surface area contributed by atoms with Gasteiger partial charge in [-0.05, 0) is 6.07 Å². The van der Waals surface area contributed by atoms with E-state index in [0.717, 1.165) is 17.1 Å². The fourth-order valence-electron chi connectivity index (χ4n) is 1.83. The van der Waals surface area contributed by atoms with Gasteiger partial charge in [0.05, 0.1) is 34.0 Å². The second-order valence-corrected chi connectivity index (χ2v) is 3.99. The van der Waals surface area contributed by atoms with Crippen LogP contribution in [0.15, 0.2) is 18.2 Å². The number of rotatable bonds is 5. The number of ether oxygens (including phenoxy) is 4. The first kappa shape index (κ1) is 13.1. The number of hydrogen-bond acceptors (Lipinski definition) is 5. The third-order valence-corrected chi connectivity index (χ3v) is 2.83. The molecule has 0 bridgehead atoms. The highest BCUT2D eigenvalue weighted by Crippen LogP contribution is 2.24. The minimum absolute atomic E-state index is 0.0504. The molecule has 1 aromatic rings. The Labute approximate surface area is 107 Å². The van der Waals surface area contributed by atoms with Gasteiger partial charge in [0.25, 0.3) is 0 Å². The molecule has 0 saturated carbocycles. The molecule has 5 heteroatoms. The molecule has 0 radical (unpaired) electrons. The largest absolute Gasteiger partial charge is 0.497 e. The quantitative estimate of drug-likeness (QED) is 0.853. The van der Waals surface area contributed by atoms with Gasteiger partial charge in [0, 0.05) is 18.2 Å². The molecule has 18 heavy (non-hydrogen) atoms. The maximum Gasteiger partial charge on any atom is 0.132 e. The van der Waals surface area contributed by atoms with Crippen molar-refractivity contribution < 1.29 is 18.9 Å². The molecule has 1 fully saturated rings. The first-order valence-electron chi connectivity index (χ1n) is 5.97. The molecule has 1 aliphatic rings. The molecule has 1 heterocycles. The second-order valence-electron chi connectivity index (χ2n) is 3.99. The summed E-state index contributed by atoms with van der Waals surface area (Å²) >= 11 is 0. The van der Waals surface area contributed by atoms with Crippen molar-refractivity contribution in [2.75, 3.05) is 34.0 Å². The Bertz CT molecular complexity index is 377. The SMILES string of the molecule is COc1ccc(CNC2COCCO2)c(OC)c1. The molecule has 1 aromatic carbocycles. The third-order valence-electron chi connectivity index (χ3n) is 2.83. The fraction of sp³-hybridized carbons (Fsp3) is 0.538. The summed E-state index contributed by atoms with van der Waals surface area (Å²) in [7, 11) is 3.29. The van der Waals surface area contributed by atoms with Crippen LogP contribution in [0.5, 0.6) is 11.5 Å². The summed E-state index contributed by atoms with van der Waals surface area (Å²) in [5.41, 5.74) is 1.06. The zero-order valence-electron chi connectivity index (χ0n) is 10.8. The zero-order chi connectivity index (χ0) is 12.8. The molecule has 0 amide bonds. The van der Waals surface area contributed by atoms with Gasteiger partial charge in [-0.1, -0.05) is 6.07 Å². The molecule has 0 aliphatic carbocycles. The van der Waals surface area contributed by atoms with E-state index in [-0.39, 0.29) is 6.23 Å². The van der Waals surface area contributed by atoms with Crippen LogP contribution in [0.1, 0.15) is 5.56 Å². The number of hydrogen-bond donors (Lipinski definition) is 1. The monoisotopic (exact) mass is 253 g/mol. The van der Waals surface area contributed by atoms with Crippen molar-refractivity contribution in [3.8, 4) is 11.5 Å². The van der Waals surface area contributed by atoms with Crippen molar-refractivity contribution in [3.63, 3.8) is 0 Å². The summed E-state index contributed by atoms with van der Waals surface area (Å²) < 4.78 is 21.3. The highest BCUT2D eigenvalue weighted by molar-refractivity contribution is 5.40. The summed E-state index contributed by atoms with van der Waals surface area (Å²) in [5.74, 6) is 1.59. The summed E-state index contributed by atoms with van der Waals surface area (Å²) in [6, 6.07) is 5.77. The highest BCUT2D eigenvalue weighted by atomic mass is 16.6. The molecule has 1 aliphatic heterocycles. The van der Waals surface area contributed by atoms with Gasteiger partial charge in [-0.15, -0.1) is 0 Å². The lowest BCUT2D eigenvalue weighted by atomic mass is 10.2. The van der Waals surface area contributed by atoms with Crippen LogP contribution in [0.3, 0.4) is 0 Å². The zero-order valence-corrected chi connectivity index (χ0v) is 10.8. The Morgan fingerprint density at radius 2 is 2.17 bits per heavy atom. The molecular weight excluding hydrogens is 234 g/mol. The average molecular weight is 253 g/mol. The van der Waals surface area contributed by atoms with E-state index in [0.29, 0.717) is 26.4 Å². The maximum absolute atomic E-state index is 5.52. The molecule has 0 aromatic heterocycles. The van der Waals surface area contributed by atoms with Gasteiger partial charge in [0.2, 0.25) is 0 Å². The lowest BCUT2D eigenvalue weighted by Gasteiger charge is -2.24. The van der Waals surface area contributed by atoms with Crippen LogP contribution in [0, 0.1) is 0 Å². The minimum Gasteiger partial charge on any atom is -0.497 e. The van der Waals surface area contributed by atoms with Crippen LogP contribution in [-0.4, -0.2) is 40.3 Å². The van der Waals surface area contributed by atoms with E-state index in [4.69, 9.17) is 18.9 Å². The molecule has 2 rings (SSSR count). The fourth-order valence-corrected chi connectivity index (χ4v) is 1.83. The van der Waals surface area contributed by atoms with Crippen molar-refractivity contribution in [2.45, 2.75) is 12.8 Å². The van der Waals surface area contributed by atoms with Gasteiger partial charge in [-0.3, -0.25) is 5.32 Å². The van der Waals surface area contributed by atoms with Crippen molar-refractivity contribution in [3.05, 3.63) is 23.8 Å². The number of benzene rings is 1. The molecule has 1 N–H and O–H groups in total. The Hall–Kier alpha value is -1.30. The number of nitrogens with one attached hydrogen (secondary N) is 1. The Balaban J connectivity index is 1.95. The van der Waals surface area contributed by atoms with Crippen LogP contribution in [0.25, 0.3) is 0 Å². The first-order chi connectivity index (χ1) is 8.83. The summed E-state index contributed by atoms with van der Waals surface area (Å²) in [6.07, 6.45) is -0.0504. The van der Waals surface area contributed by atoms with Gasteiger partial charge in [0.1, 0.15) is 17.7 Å². The second kappa shape index (κ2) is 6.58. The topological polar surface area (TPSA) is 49.0 Å². The summed E-state index contributed by atoms with van der Waals surface area (Å²) in [4.78, 5) is 0. The van der Waals surface area contributed by atoms with E-state index in [1.807, 2.05) is 18.2 Å². The van der Waals surface area contributed by atoms with Crippen molar-refractivity contribution >= 4 is 0 Å². The lowest BCUT2D eigenvalue weighted by Crippen LogP contribution is -2.40. The molecule has 100 valence electrons. The highest BCUT2D eigenvalue weighted by Gasteiger charge is 2.14. The summed E-state index contributed by atoms with van der Waals surface area (Å²) in [5, 5.41) is 3.28. The molecule has 0 spiro atoms. The average Bonchev–Trinajstić information content (AvgIpc) is 2.46. The smallest absolute Gasteiger partial charge is 0.132 e. The lowest BCUT2D eigenvalue weighted by molar-refractivity contribution is -0.102. The molecular formula is C13H19NO4. The third kappa shape index (κ3) is 3.35. The molecule has 1 unspecified atom stereocenters. The van der Waals surface area contributed by atoms with E-state index < -0.39 is 0 Å². The van der Waals surface area contributed by atoms with Crippen LogP contribution in [0.4, 0.5) is 0 Å². The Morgan fingerprint density at radius 3 is 2.83 bits per heavy atom. The van der Waals surface area contributed by atoms with Crippen LogP contribution < -0.4 is 14.8 Å². The van der Waals surface area contributed by atoms with Crippen molar-refractivity contribution in [1.82, 2.24) is 5.32 Å². The predicted molar refractivity (Wildman–Crippen MR) is 66.9 cm³/mol. The summed E-state index contributed by atoms with van der Waals surface area (Å²) in [6.45, 7) is 2.56. The molecule has 1 saturated heterocycles. The minimum atomic E-state index is -0.0504. The van der Waals surface area contributed by atoms with Gasteiger partial charge >= 0.3 is 0 Å². The van der Waals surface area contributed by atoms with E-state index in [1.54, 1.807) is 14.2 Å². The molecule has 1 atom stereocenters. The number of methoxy groups -OCH3 is 2. The predicted octanol–water partition coefficient (Wildman–Crippen LogP) is 1.17. The first-order valence-corrected chi connectivity index (χ1v) is 5.97.